The molecule has 9 heterocycles. The number of aldehydes is 1. The smallest absolute Gasteiger partial charge is 0.410 e. The maximum absolute atomic E-state index is 14.6. The number of aliphatic hydroxyl groups excluding tert-OH is 3. The summed E-state index contributed by atoms with van der Waals surface area (Å²) in [6, 6.07) is 45.7. The van der Waals surface area contributed by atoms with Crippen molar-refractivity contribution < 1.29 is 162 Å². The number of rotatable bonds is 31. The predicted molar refractivity (Wildman–Crippen MR) is 560 cm³/mol. The van der Waals surface area contributed by atoms with Gasteiger partial charge in [-0.25, -0.2) is 4.79 Å². The largest absolute Gasteiger partial charge is 1.00 e. The van der Waals surface area contributed by atoms with Crippen LogP contribution in [-0.4, -0.2) is 266 Å². The van der Waals surface area contributed by atoms with E-state index < -0.39 is 33.1 Å². The number of carbonyl (C=O) groups excluding carboxylic acids is 6. The lowest BCUT2D eigenvalue weighted by molar-refractivity contribution is -0.152. The van der Waals surface area contributed by atoms with Crippen LogP contribution in [0.4, 0.5) is 9.80 Å². The van der Waals surface area contributed by atoms with E-state index in [1.54, 1.807) is 89.4 Å². The summed E-state index contributed by atoms with van der Waals surface area (Å²) < 4.78 is 115. The minimum Gasteiger partial charge on any atom is -1.00 e. The van der Waals surface area contributed by atoms with Crippen LogP contribution in [0, 0.1) is 12.3 Å². The molecule has 35 heteroatoms. The summed E-state index contributed by atoms with van der Waals surface area (Å²) >= 11 is 5.02. The van der Waals surface area contributed by atoms with Crippen LogP contribution in [0.5, 0.6) is 34.5 Å². The lowest BCUT2D eigenvalue weighted by atomic mass is 9.69. The van der Waals surface area contributed by atoms with E-state index in [4.69, 9.17) is 90.4 Å². The van der Waals surface area contributed by atoms with E-state index >= 15 is 0 Å². The molecule has 2 amide bonds. The van der Waals surface area contributed by atoms with Crippen LogP contribution < -0.4 is 57.3 Å². The molecule has 31 nitrogen and oxygen atoms in total. The third kappa shape index (κ3) is 44.2. The molecule has 1 spiro atoms. The first-order valence-electron chi connectivity index (χ1n) is 49.6. The van der Waals surface area contributed by atoms with Crippen molar-refractivity contribution >= 4 is 78.2 Å². The molecular formula is C110H158BrIN2O29S2. The number of esters is 2. The molecule has 0 bridgehead atoms. The van der Waals surface area contributed by atoms with Gasteiger partial charge < -0.3 is 134 Å². The number of para-hydroxylation sites is 6. The van der Waals surface area contributed by atoms with E-state index in [-0.39, 0.29) is 155 Å². The molecule has 145 heavy (non-hydrogen) atoms. The van der Waals surface area contributed by atoms with Crippen molar-refractivity contribution in [3.05, 3.63) is 207 Å². The van der Waals surface area contributed by atoms with E-state index in [2.05, 4.69) is 27.2 Å². The van der Waals surface area contributed by atoms with Gasteiger partial charge in [0.25, 0.3) is 0 Å². The molecule has 7 fully saturated rings. The number of hydrogen-bond acceptors (Lipinski definition) is 30. The summed E-state index contributed by atoms with van der Waals surface area (Å²) in [5.41, 5.74) is 4.80. The zero-order valence-electron chi connectivity index (χ0n) is 87.7. The number of piperidine rings is 1. The van der Waals surface area contributed by atoms with Crippen molar-refractivity contribution in [1.29, 1.82) is 0 Å². The maximum Gasteiger partial charge on any atom is 0.410 e. The summed E-state index contributed by atoms with van der Waals surface area (Å²) in [5.74, 6) is 3.68. The van der Waals surface area contributed by atoms with Gasteiger partial charge in [-0.3, -0.25) is 28.9 Å². The standard InChI is InChI=1S/C31H39BrN2O7S.C18H26O5.2C14H20O4.C9H10O2.C8H8O2.C6H10O2.C5H10O2.C3H9OS.C2H6.HI/c1-19-24-25(35)31(12-14-33(15-13-31)29(37)41-30(2,3)4)28(36)34(27(24)42-26(19)32)18-23(40-20-10-16-39-17-11-20)21-8-6-7-9-22(21)38-5;1-3-6-18(19)22-13-17(23-14-9-11-21-12-10-14)15-7-4-5-8-16(15)20-2;2*1-16-13-5-3-2-4-12(13)14(10-15)18-11-6-8-17-9-7-11;1-10-8-5-3-2-4-7(8)9-6-11-9;1-10-8-5-3-2-4-7(8)6-9;1-3-5-6(7)8-4-2;6-5-1-3-7-4-2-5;1-5(2,3)4;1-2;/h6-9,20,23H,10-18H2,1-5H3;4-5,7-8,14,17H,3,6,9-13H2,1-2H3;2*2-5,11,14-15H,6-10H2,1H3;2-5,9H,6H2,1H3;2-6H,1H3;4H,2-3,5H2,1H3;5-6H,1-4H2;1-3H3;1-2H3;1H/q;;;;;;;;+1;;/p-1/t23-;17-;14-;;;;;;;;/m000......../s1. The average Bonchev–Trinajstić information content (AvgIpc) is 1.63. The Morgan fingerprint density at radius 2 is 0.883 bits per heavy atom. The zero-order valence-corrected chi connectivity index (χ0v) is 93.1. The fourth-order valence-corrected chi connectivity index (χ4v) is 17.6. The van der Waals surface area contributed by atoms with Gasteiger partial charge in [0.05, 0.1) is 131 Å². The highest BCUT2D eigenvalue weighted by molar-refractivity contribution is 9.11. The van der Waals surface area contributed by atoms with Crippen LogP contribution in [0.25, 0.3) is 0 Å². The zero-order chi connectivity index (χ0) is 105. The number of hydrogen-bond donors (Lipinski definition) is 3. The van der Waals surface area contributed by atoms with Gasteiger partial charge in [-0.2, -0.15) is 0 Å². The molecule has 1 aromatic heterocycles. The first-order chi connectivity index (χ1) is 69.4. The number of likely N-dealkylation sites (tertiary alicyclic amines) is 1. The third-order valence-corrected chi connectivity index (χ3v) is 25.6. The van der Waals surface area contributed by atoms with Gasteiger partial charge in [0.1, 0.15) is 106 Å². The van der Waals surface area contributed by atoms with Gasteiger partial charge in [-0.15, -0.1) is 15.5 Å². The number of aliphatic hydroxyl groups is 3. The summed E-state index contributed by atoms with van der Waals surface area (Å²) in [5, 5.41) is 28.5. The number of methoxy groups -OCH3 is 6. The van der Waals surface area contributed by atoms with Gasteiger partial charge in [-0.05, 0) is 182 Å². The summed E-state index contributed by atoms with van der Waals surface area (Å²) in [6.07, 6.45) is 17.1. The number of ketones is 1. The first kappa shape index (κ1) is 127. The molecule has 8 aliphatic rings. The van der Waals surface area contributed by atoms with Crippen molar-refractivity contribution in [3.63, 3.8) is 0 Å². The molecule has 808 valence electrons. The number of amides is 2. The van der Waals surface area contributed by atoms with Crippen LogP contribution in [-0.2, 0) is 90.1 Å². The molecule has 0 saturated carbocycles. The van der Waals surface area contributed by atoms with Crippen LogP contribution in [0.1, 0.15) is 236 Å². The number of fused-ring (bicyclic) bond motifs is 1. The van der Waals surface area contributed by atoms with Crippen LogP contribution >= 0.6 is 27.3 Å². The minimum atomic E-state index is -1.42. The van der Waals surface area contributed by atoms with Crippen LogP contribution in [0.3, 0.4) is 0 Å². The highest BCUT2D eigenvalue weighted by Gasteiger charge is 2.56. The molecule has 8 aliphatic heterocycles. The second-order valence-electron chi connectivity index (χ2n) is 35.9. The van der Waals surface area contributed by atoms with Crippen molar-refractivity contribution in [2.75, 3.05) is 178 Å². The topological polar surface area (TPSA) is 365 Å². The Bertz CT molecular complexity index is 4840. The minimum absolute atomic E-state index is 0. The molecule has 15 rings (SSSR count). The molecular weight excluding hydrogens is 2080 g/mol. The van der Waals surface area contributed by atoms with Crippen molar-refractivity contribution in [3.8, 4) is 34.5 Å². The SMILES string of the molecule is C=COC(=O)CCC.CC.CCCC(=O)OC[C@H](OC1CCOCC1)c1ccccc1OC.COc1ccccc1C(CO)OC1CCOCC1.COc1ccccc1C1CO1.COc1ccccc1C=O.COc1ccccc1[C@H](CN1C(=O)C2(CCN(C(=O)OC(C)(C)C)CC2)C(=O)c2c1sc(Br)c2C)OC1CCOCC1.COc1ccccc1[C@H](CO)OC1CCOCC1.C[S+](C)(C)=O.OC1CCOCC1.[I-]. The van der Waals surface area contributed by atoms with E-state index in [0.717, 1.165) is 196 Å². The lowest BCUT2D eigenvalue weighted by Crippen LogP contribution is -3.00. The summed E-state index contributed by atoms with van der Waals surface area (Å²) in [6.45, 7) is 27.2. The molecule has 5 atom stereocenters. The highest BCUT2D eigenvalue weighted by atomic mass is 127. The molecule has 3 N–H and O–H groups in total. The van der Waals surface area contributed by atoms with Crippen molar-refractivity contribution in [2.45, 2.75) is 225 Å². The van der Waals surface area contributed by atoms with Gasteiger partial charge in [0.2, 0.25) is 5.91 Å². The lowest BCUT2D eigenvalue weighted by Gasteiger charge is -2.45. The Morgan fingerprint density at radius 1 is 0.538 bits per heavy atom. The number of benzene rings is 6. The molecule has 2 unspecified atom stereocenters. The number of epoxide rings is 1. The Hall–Kier alpha value is -8.58. The van der Waals surface area contributed by atoms with E-state index in [1.165, 1.54) is 11.3 Å². The number of anilines is 1. The Kier molecular flexibility index (Phi) is 61.0. The maximum atomic E-state index is 14.6. The summed E-state index contributed by atoms with van der Waals surface area (Å²) in [4.78, 5) is 77.3. The fraction of sp³-hybridized carbons (Fsp3) is 0.564. The second kappa shape index (κ2) is 69.7. The highest BCUT2D eigenvalue weighted by Crippen LogP contribution is 2.52. The van der Waals surface area contributed by atoms with Crippen LogP contribution in [0.15, 0.2) is 162 Å². The predicted octanol–water partition coefficient (Wildman–Crippen LogP) is 16.7. The molecule has 6 aromatic carbocycles. The Balaban J connectivity index is 0.000000309. The number of carbonyl (C=O) groups is 6. The number of ether oxygens (including phenoxy) is 19. The fourth-order valence-electron chi connectivity index (χ4n) is 15.9. The second-order valence-corrected chi connectivity index (χ2v) is 41.7. The van der Waals surface area contributed by atoms with E-state index in [1.807, 2.05) is 183 Å². The number of nitrogens with zero attached hydrogens (tertiary/aromatic N) is 2. The van der Waals surface area contributed by atoms with Gasteiger partial charge in [0.15, 0.2) is 12.1 Å². The Labute approximate surface area is 889 Å². The number of thiophene rings is 1. The molecule has 0 aliphatic carbocycles. The van der Waals surface area contributed by atoms with Crippen molar-refractivity contribution in [1.82, 2.24) is 4.90 Å². The van der Waals surface area contributed by atoms with Gasteiger partial charge >= 0.3 is 18.0 Å². The Morgan fingerprint density at radius 3 is 1.23 bits per heavy atom. The van der Waals surface area contributed by atoms with Gasteiger partial charge in [0, 0.05) is 120 Å². The van der Waals surface area contributed by atoms with Gasteiger partial charge in [-0.1, -0.05) is 137 Å². The molecule has 7 aromatic rings. The average molecular weight is 2240 g/mol. The summed E-state index contributed by atoms with van der Waals surface area (Å²) in [7, 11) is 8.32. The van der Waals surface area contributed by atoms with Crippen LogP contribution in [0.2, 0.25) is 0 Å². The normalized spacial score (nSPS) is 17.4. The first-order valence-corrected chi connectivity index (χ1v) is 54.0. The van der Waals surface area contributed by atoms with E-state index in [9.17, 15) is 43.2 Å². The molecule has 0 radical (unpaired) electrons. The third-order valence-electron chi connectivity index (χ3n) is 23.4. The van der Waals surface area contributed by atoms with Crippen molar-refractivity contribution in [2.24, 2.45) is 5.41 Å². The number of halogens is 2. The monoisotopic (exact) mass is 2240 g/mol. The number of Topliss-reactive ketones (excluding diaryl/α,β-unsaturated/α-hetero) is 1. The molecule has 7 saturated heterocycles. The quantitative estimate of drug-likeness (QED) is 0.00531. The van der Waals surface area contributed by atoms with E-state index in [0.29, 0.717) is 66.9 Å².